The first-order valence-corrected chi connectivity index (χ1v) is 6.67. The van der Waals surface area contributed by atoms with Gasteiger partial charge in [0.2, 0.25) is 0 Å². The molecule has 0 saturated heterocycles. The van der Waals surface area contributed by atoms with Gasteiger partial charge < -0.3 is 9.84 Å². The first-order valence-electron chi connectivity index (χ1n) is 5.87. The Morgan fingerprint density at radius 1 is 1.17 bits per heavy atom. The van der Waals surface area contributed by atoms with Crippen molar-refractivity contribution in [3.63, 3.8) is 0 Å². The topological polar surface area (TPSA) is 29.5 Å². The Morgan fingerprint density at radius 2 is 1.89 bits per heavy atom. The first kappa shape index (κ1) is 13.1. The molecule has 3 heteroatoms. The van der Waals surface area contributed by atoms with E-state index in [1.165, 1.54) is 0 Å². The minimum absolute atomic E-state index is 0.580. The predicted octanol–water partition coefficient (Wildman–Crippen LogP) is 3.93. The predicted molar refractivity (Wildman–Crippen MR) is 75.8 cm³/mol. The third-order valence-corrected chi connectivity index (χ3v) is 3.17. The van der Waals surface area contributed by atoms with E-state index in [1.807, 2.05) is 55.5 Å². The van der Waals surface area contributed by atoms with Crippen LogP contribution in [0.4, 0.5) is 0 Å². The van der Waals surface area contributed by atoms with E-state index in [2.05, 4.69) is 15.9 Å². The Bertz CT molecular complexity index is 511. The molecule has 0 spiro atoms. The summed E-state index contributed by atoms with van der Waals surface area (Å²) in [5, 5.41) is 10.4. The zero-order chi connectivity index (χ0) is 13.0. The lowest BCUT2D eigenvalue weighted by Crippen LogP contribution is -2.04. The molecule has 0 radical (unpaired) electrons. The van der Waals surface area contributed by atoms with Crippen molar-refractivity contribution in [3.05, 3.63) is 64.1 Å². The van der Waals surface area contributed by atoms with E-state index in [-0.39, 0.29) is 0 Å². The molecule has 94 valence electrons. The third-order valence-electron chi connectivity index (χ3n) is 2.68. The highest BCUT2D eigenvalue weighted by molar-refractivity contribution is 9.10. The molecule has 2 nitrogen and oxygen atoms in total. The van der Waals surface area contributed by atoms with Gasteiger partial charge in [0.05, 0.1) is 6.61 Å². The smallest absolute Gasteiger partial charge is 0.125 e. The summed E-state index contributed by atoms with van der Waals surface area (Å²) in [6.07, 6.45) is -0.676. The molecule has 1 unspecified atom stereocenters. The first-order chi connectivity index (χ1) is 8.72. The Hall–Kier alpha value is -1.32. The van der Waals surface area contributed by atoms with Crippen molar-refractivity contribution < 1.29 is 9.84 Å². The molecule has 0 aliphatic carbocycles. The summed E-state index contributed by atoms with van der Waals surface area (Å²) in [7, 11) is 0. The number of hydrogen-bond donors (Lipinski definition) is 1. The number of hydrogen-bond acceptors (Lipinski definition) is 2. The zero-order valence-electron chi connectivity index (χ0n) is 10.1. The molecule has 0 amide bonds. The molecule has 0 aliphatic rings. The van der Waals surface area contributed by atoms with Gasteiger partial charge >= 0.3 is 0 Å². The minimum atomic E-state index is -0.676. The molecule has 0 aliphatic heterocycles. The normalized spacial score (nSPS) is 12.2. The highest BCUT2D eigenvalue weighted by atomic mass is 79.9. The van der Waals surface area contributed by atoms with Crippen molar-refractivity contribution in [3.8, 4) is 5.75 Å². The van der Waals surface area contributed by atoms with Gasteiger partial charge in [-0.2, -0.15) is 0 Å². The van der Waals surface area contributed by atoms with Crippen molar-refractivity contribution in [2.75, 3.05) is 6.61 Å². The number of benzene rings is 2. The van der Waals surface area contributed by atoms with Crippen LogP contribution in [0.5, 0.6) is 5.75 Å². The molecule has 18 heavy (non-hydrogen) atoms. The van der Waals surface area contributed by atoms with E-state index < -0.39 is 6.10 Å². The fraction of sp³-hybridized carbons (Fsp3) is 0.200. The van der Waals surface area contributed by atoms with Crippen molar-refractivity contribution >= 4 is 15.9 Å². The minimum Gasteiger partial charge on any atom is -0.493 e. The van der Waals surface area contributed by atoms with E-state index in [1.54, 1.807) is 0 Å². The maximum atomic E-state index is 10.4. The van der Waals surface area contributed by atoms with Gasteiger partial charge in [-0.3, -0.25) is 0 Å². The van der Waals surface area contributed by atoms with Crippen LogP contribution < -0.4 is 4.74 Å². The number of aliphatic hydroxyl groups is 1. The van der Waals surface area contributed by atoms with E-state index >= 15 is 0 Å². The van der Waals surface area contributed by atoms with Crippen molar-refractivity contribution in [2.24, 2.45) is 0 Å². The number of aliphatic hydroxyl groups excluding tert-OH is 1. The molecule has 1 atom stereocenters. The van der Waals surface area contributed by atoms with Gasteiger partial charge in [0.25, 0.3) is 0 Å². The van der Waals surface area contributed by atoms with Crippen molar-refractivity contribution in [1.82, 2.24) is 0 Å². The lowest BCUT2D eigenvalue weighted by molar-refractivity contribution is 0.212. The molecular weight excluding hydrogens is 292 g/mol. The molecule has 2 aromatic rings. The average Bonchev–Trinajstić information content (AvgIpc) is 2.41. The SMILES string of the molecule is CCOc1ccc(Br)cc1C(O)c1ccccc1. The molecule has 0 heterocycles. The zero-order valence-corrected chi connectivity index (χ0v) is 11.7. The monoisotopic (exact) mass is 306 g/mol. The molecule has 0 bridgehead atoms. The summed E-state index contributed by atoms with van der Waals surface area (Å²) in [5.41, 5.74) is 1.63. The Kier molecular flexibility index (Phi) is 4.39. The lowest BCUT2D eigenvalue weighted by atomic mass is 10.0. The maximum absolute atomic E-state index is 10.4. The Balaban J connectivity index is 2.40. The molecule has 0 aromatic heterocycles. The van der Waals surface area contributed by atoms with Crippen LogP contribution in [0.3, 0.4) is 0 Å². The maximum Gasteiger partial charge on any atom is 0.125 e. The van der Waals surface area contributed by atoms with Crippen LogP contribution in [0.25, 0.3) is 0 Å². The van der Waals surface area contributed by atoms with E-state index in [0.29, 0.717) is 6.61 Å². The van der Waals surface area contributed by atoms with Gasteiger partial charge in [-0.1, -0.05) is 46.3 Å². The second kappa shape index (κ2) is 6.03. The lowest BCUT2D eigenvalue weighted by Gasteiger charge is -2.16. The number of halogens is 1. The number of rotatable bonds is 4. The second-order valence-corrected chi connectivity index (χ2v) is 4.84. The molecule has 2 aromatic carbocycles. The highest BCUT2D eigenvalue weighted by Gasteiger charge is 2.15. The van der Waals surface area contributed by atoms with Crippen LogP contribution >= 0.6 is 15.9 Å². The van der Waals surface area contributed by atoms with Crippen LogP contribution in [-0.2, 0) is 0 Å². The van der Waals surface area contributed by atoms with Crippen LogP contribution in [0, 0.1) is 0 Å². The third kappa shape index (κ3) is 2.92. The second-order valence-electron chi connectivity index (χ2n) is 3.93. The van der Waals surface area contributed by atoms with Gasteiger partial charge in [0.1, 0.15) is 11.9 Å². The highest BCUT2D eigenvalue weighted by Crippen LogP contribution is 2.32. The van der Waals surface area contributed by atoms with Crippen molar-refractivity contribution in [1.29, 1.82) is 0 Å². The van der Waals surface area contributed by atoms with E-state index in [9.17, 15) is 5.11 Å². The summed E-state index contributed by atoms with van der Waals surface area (Å²) >= 11 is 3.42. The average molecular weight is 307 g/mol. The van der Waals surface area contributed by atoms with Crippen LogP contribution in [0.15, 0.2) is 53.0 Å². The van der Waals surface area contributed by atoms with Gasteiger partial charge in [0.15, 0.2) is 0 Å². The summed E-state index contributed by atoms with van der Waals surface area (Å²) in [5.74, 6) is 0.719. The summed E-state index contributed by atoms with van der Waals surface area (Å²) in [6.45, 7) is 2.51. The Morgan fingerprint density at radius 3 is 2.56 bits per heavy atom. The van der Waals surface area contributed by atoms with Crippen LogP contribution in [0.1, 0.15) is 24.2 Å². The molecule has 0 fully saturated rings. The Labute approximate surface area is 115 Å². The molecular formula is C15H15BrO2. The number of ether oxygens (including phenoxy) is 1. The van der Waals surface area contributed by atoms with Gasteiger partial charge in [0, 0.05) is 10.0 Å². The van der Waals surface area contributed by atoms with Crippen LogP contribution in [0.2, 0.25) is 0 Å². The molecule has 2 rings (SSSR count). The molecule has 1 N–H and O–H groups in total. The fourth-order valence-electron chi connectivity index (χ4n) is 1.83. The summed E-state index contributed by atoms with van der Waals surface area (Å²) in [6, 6.07) is 15.2. The quantitative estimate of drug-likeness (QED) is 0.927. The fourth-order valence-corrected chi connectivity index (χ4v) is 2.21. The van der Waals surface area contributed by atoms with Gasteiger partial charge in [-0.15, -0.1) is 0 Å². The van der Waals surface area contributed by atoms with Gasteiger partial charge in [-0.25, -0.2) is 0 Å². The summed E-state index contributed by atoms with van der Waals surface area (Å²) in [4.78, 5) is 0. The van der Waals surface area contributed by atoms with Crippen LogP contribution in [-0.4, -0.2) is 11.7 Å². The largest absolute Gasteiger partial charge is 0.493 e. The van der Waals surface area contributed by atoms with E-state index in [0.717, 1.165) is 21.3 Å². The molecule has 0 saturated carbocycles. The summed E-state index contributed by atoms with van der Waals surface area (Å²) < 4.78 is 6.48. The standard InChI is InChI=1S/C15H15BrO2/c1-2-18-14-9-8-12(16)10-13(14)15(17)11-6-4-3-5-7-11/h3-10,15,17H,2H2,1H3. The van der Waals surface area contributed by atoms with Crippen molar-refractivity contribution in [2.45, 2.75) is 13.0 Å². The van der Waals surface area contributed by atoms with E-state index in [4.69, 9.17) is 4.74 Å². The van der Waals surface area contributed by atoms with Gasteiger partial charge in [-0.05, 0) is 30.7 Å².